The number of halogens is 2. The minimum absolute atomic E-state index is 0.0150. The largest absolute Gasteiger partial charge is 0.480 e. The van der Waals surface area contributed by atoms with Gasteiger partial charge in [-0.1, -0.05) is 67.2 Å². The molecule has 172 valence electrons. The van der Waals surface area contributed by atoms with E-state index < -0.39 is 34.0 Å². The maximum atomic E-state index is 13.6. The molecule has 2 aromatic carbocycles. The highest BCUT2D eigenvalue weighted by molar-refractivity contribution is 7.89. The van der Waals surface area contributed by atoms with Crippen molar-refractivity contribution >= 4 is 45.1 Å². The Labute approximate surface area is 197 Å². The number of rotatable bonds is 8. The molecule has 0 bridgehead atoms. The van der Waals surface area contributed by atoms with Gasteiger partial charge < -0.3 is 10.4 Å². The van der Waals surface area contributed by atoms with Crippen LogP contribution < -0.4 is 5.32 Å². The van der Waals surface area contributed by atoms with Gasteiger partial charge >= 0.3 is 5.97 Å². The van der Waals surface area contributed by atoms with Gasteiger partial charge in [0.05, 0.1) is 5.02 Å². The van der Waals surface area contributed by atoms with Crippen LogP contribution in [0.2, 0.25) is 10.0 Å². The zero-order chi connectivity index (χ0) is 23.5. The summed E-state index contributed by atoms with van der Waals surface area (Å²) in [5.41, 5.74) is 1.59. The number of carbonyl (C=O) groups excluding carboxylic acids is 1. The topological polar surface area (TPSA) is 104 Å². The first-order chi connectivity index (χ1) is 15.1. The number of hydrogen-bond donors (Lipinski definition) is 2. The zero-order valence-corrected chi connectivity index (χ0v) is 19.8. The molecule has 0 saturated carbocycles. The highest BCUT2D eigenvalue weighted by atomic mass is 35.5. The Morgan fingerprint density at radius 3 is 2.53 bits per heavy atom. The predicted octanol–water partition coefficient (Wildman–Crippen LogP) is 3.87. The number of aliphatic carboxylic acids is 1. The second-order valence-corrected chi connectivity index (χ2v) is 10.4. The normalized spacial score (nSPS) is 17.4. The summed E-state index contributed by atoms with van der Waals surface area (Å²) in [7, 11) is -4.22. The fourth-order valence-corrected chi connectivity index (χ4v) is 6.01. The lowest BCUT2D eigenvalue weighted by molar-refractivity contribution is -0.142. The first-order valence-electron chi connectivity index (χ1n) is 10.2. The van der Waals surface area contributed by atoms with Crippen molar-refractivity contribution in [2.45, 2.75) is 56.1 Å². The summed E-state index contributed by atoms with van der Waals surface area (Å²) in [6.45, 7) is 1.87. The van der Waals surface area contributed by atoms with Crippen molar-refractivity contribution in [1.82, 2.24) is 9.62 Å². The Morgan fingerprint density at radius 1 is 1.19 bits per heavy atom. The van der Waals surface area contributed by atoms with Crippen LogP contribution in [-0.2, 0) is 32.6 Å². The van der Waals surface area contributed by atoms with Gasteiger partial charge in [0.15, 0.2) is 0 Å². The van der Waals surface area contributed by atoms with Crippen LogP contribution in [0, 0.1) is 0 Å². The second-order valence-electron chi connectivity index (χ2n) is 7.66. The van der Waals surface area contributed by atoms with E-state index in [1.54, 1.807) is 12.1 Å². The van der Waals surface area contributed by atoms with Gasteiger partial charge in [0.2, 0.25) is 15.9 Å². The number of amides is 1. The van der Waals surface area contributed by atoms with Gasteiger partial charge in [-0.25, -0.2) is 13.2 Å². The smallest absolute Gasteiger partial charge is 0.326 e. The van der Waals surface area contributed by atoms with Crippen molar-refractivity contribution in [2.75, 3.05) is 0 Å². The molecule has 1 amide bonds. The van der Waals surface area contributed by atoms with E-state index in [2.05, 4.69) is 5.32 Å². The lowest BCUT2D eigenvalue weighted by Crippen LogP contribution is -2.55. The number of carbonyl (C=O) groups is 2. The predicted molar refractivity (Wildman–Crippen MR) is 122 cm³/mol. The molecule has 7 nitrogen and oxygen atoms in total. The SMILES string of the molecule is CCCCC(NC(=O)[C@@H]1Cc2ccccc2CN1S(=O)(=O)c1cc(Cl)ccc1Cl)C(=O)O. The van der Waals surface area contributed by atoms with Crippen LogP contribution in [-0.4, -0.2) is 41.8 Å². The van der Waals surface area contributed by atoms with E-state index in [4.69, 9.17) is 23.2 Å². The first kappa shape index (κ1) is 24.5. The van der Waals surface area contributed by atoms with Crippen LogP contribution in [0.5, 0.6) is 0 Å². The van der Waals surface area contributed by atoms with Crippen LogP contribution in [0.1, 0.15) is 37.3 Å². The molecule has 2 aromatic rings. The Hall–Kier alpha value is -2.13. The number of unbranched alkanes of at least 4 members (excludes halogenated alkanes) is 1. The maximum Gasteiger partial charge on any atom is 0.326 e. The lowest BCUT2D eigenvalue weighted by Gasteiger charge is -2.35. The first-order valence-corrected chi connectivity index (χ1v) is 12.4. The number of fused-ring (bicyclic) bond motifs is 1. The van der Waals surface area contributed by atoms with Crippen molar-refractivity contribution < 1.29 is 23.1 Å². The third-order valence-electron chi connectivity index (χ3n) is 5.45. The standard InChI is InChI=1S/C22H24Cl2N2O5S/c1-2-3-8-18(22(28)29)25-21(27)19-11-14-6-4-5-7-15(14)13-26(19)32(30,31)20-12-16(23)9-10-17(20)24/h4-7,9-10,12,18-19H,2-3,8,11,13H2,1H3,(H,25,27)(H,28,29)/t18?,19-/m0/s1. The van der Waals surface area contributed by atoms with Crippen molar-refractivity contribution in [3.05, 3.63) is 63.6 Å². The molecule has 0 aliphatic carbocycles. The molecule has 1 aliphatic heterocycles. The van der Waals surface area contributed by atoms with Gasteiger partial charge in [-0.3, -0.25) is 4.79 Å². The third-order valence-corrected chi connectivity index (χ3v) is 8.02. The van der Waals surface area contributed by atoms with Gasteiger partial charge in [-0.15, -0.1) is 0 Å². The molecule has 1 heterocycles. The van der Waals surface area contributed by atoms with Crippen molar-refractivity contribution in [1.29, 1.82) is 0 Å². The van der Waals surface area contributed by atoms with Crippen LogP contribution in [0.4, 0.5) is 0 Å². The summed E-state index contributed by atoms with van der Waals surface area (Å²) < 4.78 is 28.2. The molecule has 0 fully saturated rings. The van der Waals surface area contributed by atoms with E-state index in [1.807, 2.05) is 19.1 Å². The van der Waals surface area contributed by atoms with Gasteiger partial charge in [-0.2, -0.15) is 4.31 Å². The van der Waals surface area contributed by atoms with Gasteiger partial charge in [0.1, 0.15) is 17.0 Å². The number of benzene rings is 2. The van der Waals surface area contributed by atoms with E-state index in [1.165, 1.54) is 18.2 Å². The summed E-state index contributed by atoms with van der Waals surface area (Å²) >= 11 is 12.2. The number of hydrogen-bond acceptors (Lipinski definition) is 4. The Balaban J connectivity index is 2.00. The average Bonchev–Trinajstić information content (AvgIpc) is 2.76. The number of nitrogens with zero attached hydrogens (tertiary/aromatic N) is 1. The average molecular weight is 499 g/mol. The Morgan fingerprint density at radius 2 is 1.88 bits per heavy atom. The summed E-state index contributed by atoms with van der Waals surface area (Å²) in [6, 6.07) is 9.11. The quantitative estimate of drug-likeness (QED) is 0.574. The van der Waals surface area contributed by atoms with E-state index in [-0.39, 0.29) is 34.3 Å². The van der Waals surface area contributed by atoms with E-state index >= 15 is 0 Å². The summed E-state index contributed by atoms with van der Waals surface area (Å²) in [5, 5.41) is 12.2. The van der Waals surface area contributed by atoms with Crippen LogP contribution in [0.15, 0.2) is 47.4 Å². The van der Waals surface area contributed by atoms with Gasteiger partial charge in [-0.05, 0) is 42.2 Å². The Bertz CT molecular complexity index is 1120. The molecule has 0 spiro atoms. The third kappa shape index (κ3) is 5.26. The van der Waals surface area contributed by atoms with E-state index in [9.17, 15) is 23.1 Å². The number of carboxylic acids is 1. The minimum atomic E-state index is -4.22. The number of nitrogens with one attached hydrogen (secondary N) is 1. The van der Waals surface area contributed by atoms with Crippen LogP contribution >= 0.6 is 23.2 Å². The maximum absolute atomic E-state index is 13.6. The minimum Gasteiger partial charge on any atom is -0.480 e. The molecule has 1 unspecified atom stereocenters. The van der Waals surface area contributed by atoms with Crippen molar-refractivity contribution in [2.24, 2.45) is 0 Å². The van der Waals surface area contributed by atoms with Crippen LogP contribution in [0.3, 0.4) is 0 Å². The van der Waals surface area contributed by atoms with Crippen molar-refractivity contribution in [3.8, 4) is 0 Å². The number of sulfonamides is 1. The molecule has 32 heavy (non-hydrogen) atoms. The second kappa shape index (κ2) is 10.2. The summed E-state index contributed by atoms with van der Waals surface area (Å²) in [5.74, 6) is -1.82. The molecule has 2 atom stereocenters. The van der Waals surface area contributed by atoms with Gasteiger partial charge in [0.25, 0.3) is 0 Å². The molecule has 3 rings (SSSR count). The lowest BCUT2D eigenvalue weighted by atomic mass is 9.95. The number of carboxylic acid groups (broad SMARTS) is 1. The fourth-order valence-electron chi connectivity index (χ4n) is 3.71. The molecular formula is C22H24Cl2N2O5S. The molecule has 0 saturated heterocycles. The van der Waals surface area contributed by atoms with Crippen LogP contribution in [0.25, 0.3) is 0 Å². The monoisotopic (exact) mass is 498 g/mol. The van der Waals surface area contributed by atoms with Crippen molar-refractivity contribution in [3.63, 3.8) is 0 Å². The summed E-state index contributed by atoms with van der Waals surface area (Å²) in [4.78, 5) is 24.6. The zero-order valence-electron chi connectivity index (χ0n) is 17.4. The molecule has 0 radical (unpaired) electrons. The molecule has 1 aliphatic rings. The molecular weight excluding hydrogens is 475 g/mol. The molecule has 10 heteroatoms. The Kier molecular flexibility index (Phi) is 7.82. The highest BCUT2D eigenvalue weighted by Gasteiger charge is 2.41. The molecule has 0 aromatic heterocycles. The summed E-state index contributed by atoms with van der Waals surface area (Å²) in [6.07, 6.45) is 1.75. The van der Waals surface area contributed by atoms with Gasteiger partial charge in [0, 0.05) is 11.6 Å². The molecule has 2 N–H and O–H groups in total. The highest BCUT2D eigenvalue weighted by Crippen LogP contribution is 2.33. The fraction of sp³-hybridized carbons (Fsp3) is 0.364. The van der Waals surface area contributed by atoms with E-state index in [0.29, 0.717) is 6.42 Å². The van der Waals surface area contributed by atoms with E-state index in [0.717, 1.165) is 21.9 Å².